The number of rotatable bonds is 2. The summed E-state index contributed by atoms with van der Waals surface area (Å²) in [5, 5.41) is 0. The Morgan fingerprint density at radius 1 is 1.38 bits per heavy atom. The largest absolute Gasteiger partial charge is 0.310 e. The van der Waals surface area contributed by atoms with Crippen LogP contribution in [0.25, 0.3) is 0 Å². The molecule has 2 atom stereocenters. The summed E-state index contributed by atoms with van der Waals surface area (Å²) in [6.45, 7) is 4.54. The summed E-state index contributed by atoms with van der Waals surface area (Å²) < 4.78 is 0. The zero-order chi connectivity index (χ0) is 11.5. The average Bonchev–Trinajstić information content (AvgIpc) is 2.29. The summed E-state index contributed by atoms with van der Waals surface area (Å²) in [5.74, 6) is 2.67. The van der Waals surface area contributed by atoms with Crippen LogP contribution in [0, 0.1) is 11.8 Å². The molecule has 1 aromatic rings. The van der Waals surface area contributed by atoms with Crippen molar-refractivity contribution in [1.29, 1.82) is 0 Å². The molecule has 0 aromatic carbocycles. The van der Waals surface area contributed by atoms with Crippen molar-refractivity contribution in [2.75, 3.05) is 0 Å². The topological polar surface area (TPSA) is 45.8 Å². The number of hydrogen-bond acceptors (Lipinski definition) is 2. The Hall–Kier alpha value is -1.12. The first-order valence-corrected chi connectivity index (χ1v) is 6.23. The maximum atomic E-state index is 11.3. The van der Waals surface area contributed by atoms with Gasteiger partial charge >= 0.3 is 0 Å². The predicted octanol–water partition coefficient (Wildman–Crippen LogP) is 2.70. The Kier molecular flexibility index (Phi) is 3.42. The van der Waals surface area contributed by atoms with E-state index in [-0.39, 0.29) is 5.56 Å². The van der Waals surface area contributed by atoms with Crippen molar-refractivity contribution < 1.29 is 0 Å². The Morgan fingerprint density at radius 3 is 2.81 bits per heavy atom. The number of nitrogens with zero attached hydrogens (tertiary/aromatic N) is 1. The highest BCUT2D eigenvalue weighted by molar-refractivity contribution is 5.02. The average molecular weight is 220 g/mol. The van der Waals surface area contributed by atoms with Crippen LogP contribution in [0.5, 0.6) is 0 Å². The Balaban J connectivity index is 2.26. The summed E-state index contributed by atoms with van der Waals surface area (Å²) in [5.41, 5.74) is -0.0296. The van der Waals surface area contributed by atoms with Gasteiger partial charge in [0.25, 0.3) is 5.56 Å². The number of hydrogen-bond donors (Lipinski definition) is 1. The van der Waals surface area contributed by atoms with Crippen LogP contribution >= 0.6 is 0 Å². The molecule has 0 spiro atoms. The lowest BCUT2D eigenvalue weighted by atomic mass is 9.73. The smallest absolute Gasteiger partial charge is 0.250 e. The highest BCUT2D eigenvalue weighted by Crippen LogP contribution is 2.39. The fourth-order valence-electron chi connectivity index (χ4n) is 2.87. The summed E-state index contributed by atoms with van der Waals surface area (Å²) in [6, 6.07) is 1.48. The molecule has 1 heterocycles. The van der Waals surface area contributed by atoms with Gasteiger partial charge in [0.15, 0.2) is 0 Å². The maximum absolute atomic E-state index is 11.3. The molecule has 16 heavy (non-hydrogen) atoms. The third-order valence-corrected chi connectivity index (χ3v) is 3.72. The van der Waals surface area contributed by atoms with Gasteiger partial charge in [-0.2, -0.15) is 0 Å². The first kappa shape index (κ1) is 11.4. The molecule has 0 bridgehead atoms. The van der Waals surface area contributed by atoms with E-state index < -0.39 is 0 Å². The van der Waals surface area contributed by atoms with Crippen molar-refractivity contribution in [2.45, 2.75) is 45.4 Å². The van der Waals surface area contributed by atoms with E-state index in [9.17, 15) is 4.79 Å². The summed E-state index contributed by atoms with van der Waals surface area (Å²) >= 11 is 0. The van der Waals surface area contributed by atoms with Gasteiger partial charge in [0.2, 0.25) is 0 Å². The van der Waals surface area contributed by atoms with E-state index >= 15 is 0 Å². The second kappa shape index (κ2) is 4.81. The van der Waals surface area contributed by atoms with Gasteiger partial charge in [-0.05, 0) is 24.7 Å². The van der Waals surface area contributed by atoms with Gasteiger partial charge in [-0.15, -0.1) is 0 Å². The molecule has 2 rings (SSSR count). The summed E-state index contributed by atoms with van der Waals surface area (Å²) in [7, 11) is 0. The standard InChI is InChI=1S/C13H20N2O/c1-9(2)10-5-3-4-6-11(10)13-14-8-7-12(16)15-13/h7-11H,3-6H2,1-2H3,(H,14,15,16). The van der Waals surface area contributed by atoms with Gasteiger partial charge in [0.1, 0.15) is 5.82 Å². The van der Waals surface area contributed by atoms with Gasteiger partial charge < -0.3 is 4.98 Å². The fourth-order valence-corrected chi connectivity index (χ4v) is 2.87. The normalized spacial score (nSPS) is 25.9. The number of aromatic nitrogens is 2. The molecular weight excluding hydrogens is 200 g/mol. The second-order valence-electron chi connectivity index (χ2n) is 5.12. The molecule has 1 aliphatic rings. The van der Waals surface area contributed by atoms with Crippen molar-refractivity contribution in [3.63, 3.8) is 0 Å². The highest BCUT2D eigenvalue weighted by atomic mass is 16.1. The second-order valence-corrected chi connectivity index (χ2v) is 5.12. The number of nitrogens with one attached hydrogen (secondary N) is 1. The Bertz CT molecular complexity index is 397. The van der Waals surface area contributed by atoms with Gasteiger partial charge in [0, 0.05) is 18.2 Å². The third kappa shape index (κ3) is 2.34. The lowest BCUT2D eigenvalue weighted by Crippen LogP contribution is -2.25. The maximum Gasteiger partial charge on any atom is 0.250 e. The zero-order valence-corrected chi connectivity index (χ0v) is 10.1. The Morgan fingerprint density at radius 2 is 2.12 bits per heavy atom. The van der Waals surface area contributed by atoms with Gasteiger partial charge in [0.05, 0.1) is 0 Å². The van der Waals surface area contributed by atoms with Crippen LogP contribution in [0.15, 0.2) is 17.1 Å². The van der Waals surface area contributed by atoms with E-state index in [1.807, 2.05) is 0 Å². The first-order chi connectivity index (χ1) is 7.68. The number of H-pyrrole nitrogens is 1. The lowest BCUT2D eigenvalue weighted by molar-refractivity contribution is 0.230. The minimum atomic E-state index is -0.0296. The minimum absolute atomic E-state index is 0.0296. The molecule has 0 amide bonds. The molecule has 88 valence electrons. The molecule has 1 fully saturated rings. The fraction of sp³-hybridized carbons (Fsp3) is 0.692. The molecule has 2 unspecified atom stereocenters. The Labute approximate surface area is 96.3 Å². The van der Waals surface area contributed by atoms with Crippen LogP contribution in [0.3, 0.4) is 0 Å². The van der Waals surface area contributed by atoms with Gasteiger partial charge in [-0.25, -0.2) is 4.98 Å². The van der Waals surface area contributed by atoms with E-state index in [4.69, 9.17) is 0 Å². The van der Waals surface area contributed by atoms with Gasteiger partial charge in [-0.1, -0.05) is 26.7 Å². The van der Waals surface area contributed by atoms with Crippen LogP contribution in [-0.4, -0.2) is 9.97 Å². The predicted molar refractivity (Wildman–Crippen MR) is 64.4 cm³/mol. The van der Waals surface area contributed by atoms with Crippen molar-refractivity contribution in [2.24, 2.45) is 11.8 Å². The van der Waals surface area contributed by atoms with E-state index in [0.717, 1.165) is 12.2 Å². The monoisotopic (exact) mass is 220 g/mol. The SMILES string of the molecule is CC(C)C1CCCCC1c1nccc(=O)[nH]1. The van der Waals surface area contributed by atoms with E-state index in [2.05, 4.69) is 23.8 Å². The van der Waals surface area contributed by atoms with Crippen LogP contribution in [-0.2, 0) is 0 Å². The van der Waals surface area contributed by atoms with E-state index in [1.54, 1.807) is 6.20 Å². The molecule has 0 radical (unpaired) electrons. The van der Waals surface area contributed by atoms with Crippen LogP contribution in [0.4, 0.5) is 0 Å². The van der Waals surface area contributed by atoms with Gasteiger partial charge in [-0.3, -0.25) is 4.79 Å². The molecule has 3 heteroatoms. The number of aromatic amines is 1. The summed E-state index contributed by atoms with van der Waals surface area (Å²) in [4.78, 5) is 18.5. The zero-order valence-electron chi connectivity index (χ0n) is 10.1. The molecule has 3 nitrogen and oxygen atoms in total. The van der Waals surface area contributed by atoms with Crippen molar-refractivity contribution in [3.05, 3.63) is 28.4 Å². The molecule has 0 aliphatic heterocycles. The van der Waals surface area contributed by atoms with Crippen molar-refractivity contribution in [3.8, 4) is 0 Å². The first-order valence-electron chi connectivity index (χ1n) is 6.23. The van der Waals surface area contributed by atoms with Crippen molar-refractivity contribution in [1.82, 2.24) is 9.97 Å². The molecule has 1 aliphatic carbocycles. The van der Waals surface area contributed by atoms with Crippen LogP contribution in [0.2, 0.25) is 0 Å². The molecule has 0 saturated heterocycles. The molecule has 1 N–H and O–H groups in total. The summed E-state index contributed by atoms with van der Waals surface area (Å²) in [6.07, 6.45) is 6.62. The molecule has 1 saturated carbocycles. The van der Waals surface area contributed by atoms with E-state index in [0.29, 0.717) is 17.8 Å². The quantitative estimate of drug-likeness (QED) is 0.833. The van der Waals surface area contributed by atoms with Crippen LogP contribution in [0.1, 0.15) is 51.3 Å². The van der Waals surface area contributed by atoms with Crippen LogP contribution < -0.4 is 5.56 Å². The lowest BCUT2D eigenvalue weighted by Gasteiger charge is -2.33. The molecule has 1 aromatic heterocycles. The minimum Gasteiger partial charge on any atom is -0.310 e. The third-order valence-electron chi connectivity index (χ3n) is 3.72. The van der Waals surface area contributed by atoms with E-state index in [1.165, 1.54) is 25.3 Å². The highest BCUT2D eigenvalue weighted by Gasteiger charge is 2.30. The van der Waals surface area contributed by atoms with Crippen molar-refractivity contribution >= 4 is 0 Å². The molecular formula is C13H20N2O.